The molecule has 0 unspecified atom stereocenters. The van der Waals surface area contributed by atoms with Crippen LogP contribution >= 0.6 is 0 Å². The Morgan fingerprint density at radius 1 is 0.926 bits per heavy atom. The lowest BCUT2D eigenvalue weighted by Gasteiger charge is -2.44. The van der Waals surface area contributed by atoms with Crippen LogP contribution in [-0.2, 0) is 21.5 Å². The average Bonchev–Trinajstić information content (AvgIpc) is 2.71. The molecule has 2 saturated heterocycles. The fourth-order valence-electron chi connectivity index (χ4n) is 4.94. The third-order valence-corrected chi connectivity index (χ3v) is 6.38. The van der Waals surface area contributed by atoms with Gasteiger partial charge in [0.05, 0.1) is 18.5 Å². The Hall–Kier alpha value is -2.46. The number of quaternary nitrogens is 1. The summed E-state index contributed by atoms with van der Waals surface area (Å²) in [7, 11) is 0. The third kappa shape index (κ3) is 3.54. The summed E-state index contributed by atoms with van der Waals surface area (Å²) in [5.41, 5.74) is 1.87. The summed E-state index contributed by atoms with van der Waals surface area (Å²) in [5, 5.41) is 2.63. The van der Waals surface area contributed by atoms with Gasteiger partial charge < -0.3 is 4.90 Å². The SMILES string of the molecule is O=C1CC[C@@](c2ccccc2)(C2CC[NH+](Cc3ccccc3)CC2)C(=O)N1. The highest BCUT2D eigenvalue weighted by Crippen LogP contribution is 2.43. The first kappa shape index (κ1) is 17.9. The molecule has 0 radical (unpaired) electrons. The highest BCUT2D eigenvalue weighted by Gasteiger charge is 2.50. The molecule has 0 aliphatic carbocycles. The monoisotopic (exact) mass is 363 g/mol. The van der Waals surface area contributed by atoms with Gasteiger partial charge in [-0.25, -0.2) is 0 Å². The van der Waals surface area contributed by atoms with Crippen molar-refractivity contribution in [2.24, 2.45) is 5.92 Å². The van der Waals surface area contributed by atoms with Crippen LogP contribution in [0.5, 0.6) is 0 Å². The van der Waals surface area contributed by atoms with E-state index >= 15 is 0 Å². The second-order valence-corrected chi connectivity index (χ2v) is 7.90. The van der Waals surface area contributed by atoms with Gasteiger partial charge in [-0.15, -0.1) is 0 Å². The second kappa shape index (κ2) is 7.65. The van der Waals surface area contributed by atoms with Gasteiger partial charge >= 0.3 is 0 Å². The molecule has 2 heterocycles. The van der Waals surface area contributed by atoms with Gasteiger partial charge in [0.15, 0.2) is 0 Å². The molecule has 1 atom stereocenters. The van der Waals surface area contributed by atoms with E-state index in [1.807, 2.05) is 18.2 Å². The molecule has 0 aromatic heterocycles. The van der Waals surface area contributed by atoms with Crippen LogP contribution < -0.4 is 10.2 Å². The Morgan fingerprint density at radius 3 is 2.19 bits per heavy atom. The molecule has 2 aliphatic heterocycles. The third-order valence-electron chi connectivity index (χ3n) is 6.38. The number of likely N-dealkylation sites (tertiary alicyclic amines) is 1. The molecule has 2 amide bonds. The summed E-state index contributed by atoms with van der Waals surface area (Å²) in [6.07, 6.45) is 3.08. The molecule has 140 valence electrons. The molecule has 0 bridgehead atoms. The molecular formula is C23H27N2O2+. The molecule has 4 rings (SSSR count). The first-order valence-electron chi connectivity index (χ1n) is 9.96. The van der Waals surface area contributed by atoms with E-state index in [9.17, 15) is 9.59 Å². The van der Waals surface area contributed by atoms with Crippen LogP contribution in [0.3, 0.4) is 0 Å². The van der Waals surface area contributed by atoms with Gasteiger partial charge in [0.1, 0.15) is 6.54 Å². The number of imide groups is 1. The predicted octanol–water partition coefficient (Wildman–Crippen LogP) is 1.86. The lowest BCUT2D eigenvalue weighted by atomic mass is 9.62. The number of hydrogen-bond donors (Lipinski definition) is 2. The Morgan fingerprint density at radius 2 is 1.56 bits per heavy atom. The summed E-state index contributed by atoms with van der Waals surface area (Å²) < 4.78 is 0. The molecule has 4 heteroatoms. The van der Waals surface area contributed by atoms with Gasteiger partial charge in [-0.2, -0.15) is 0 Å². The van der Waals surface area contributed by atoms with Gasteiger partial charge in [-0.1, -0.05) is 60.7 Å². The summed E-state index contributed by atoms with van der Waals surface area (Å²) in [5.74, 6) is 0.0488. The van der Waals surface area contributed by atoms with Crippen LogP contribution in [0.1, 0.15) is 36.8 Å². The number of carbonyl (C=O) groups excluding carboxylic acids is 2. The van der Waals surface area contributed by atoms with E-state index in [0.717, 1.165) is 38.0 Å². The minimum absolute atomic E-state index is 0.0959. The quantitative estimate of drug-likeness (QED) is 0.815. The minimum atomic E-state index is -0.562. The molecular weight excluding hydrogens is 336 g/mol. The van der Waals surface area contributed by atoms with Crippen LogP contribution in [-0.4, -0.2) is 24.9 Å². The van der Waals surface area contributed by atoms with Gasteiger partial charge in [-0.3, -0.25) is 14.9 Å². The number of benzene rings is 2. The van der Waals surface area contributed by atoms with Gasteiger partial charge in [-0.05, 0) is 17.9 Å². The van der Waals surface area contributed by atoms with Crippen molar-refractivity contribution in [3.05, 3.63) is 71.8 Å². The maximum atomic E-state index is 13.1. The lowest BCUT2D eigenvalue weighted by molar-refractivity contribution is -0.920. The summed E-state index contributed by atoms with van der Waals surface area (Å²) in [4.78, 5) is 26.4. The molecule has 27 heavy (non-hydrogen) atoms. The Kier molecular flexibility index (Phi) is 5.08. The number of amides is 2. The van der Waals surface area contributed by atoms with Gasteiger partial charge in [0.2, 0.25) is 11.8 Å². The lowest BCUT2D eigenvalue weighted by Crippen LogP contribution is -3.12. The van der Waals surface area contributed by atoms with Crippen molar-refractivity contribution in [3.8, 4) is 0 Å². The summed E-state index contributed by atoms with van der Waals surface area (Å²) in [6, 6.07) is 20.7. The van der Waals surface area contributed by atoms with E-state index < -0.39 is 5.41 Å². The summed E-state index contributed by atoms with van der Waals surface area (Å²) in [6.45, 7) is 3.17. The van der Waals surface area contributed by atoms with Crippen molar-refractivity contribution < 1.29 is 14.5 Å². The van der Waals surface area contributed by atoms with Crippen LogP contribution in [0.15, 0.2) is 60.7 Å². The molecule has 0 saturated carbocycles. The van der Waals surface area contributed by atoms with Crippen LogP contribution in [0.2, 0.25) is 0 Å². The number of nitrogens with one attached hydrogen (secondary N) is 2. The van der Waals surface area contributed by atoms with Crippen molar-refractivity contribution in [2.75, 3.05) is 13.1 Å². The van der Waals surface area contributed by atoms with Crippen molar-refractivity contribution in [3.63, 3.8) is 0 Å². The molecule has 2 aromatic carbocycles. The molecule has 2 N–H and O–H groups in total. The van der Waals surface area contributed by atoms with Crippen LogP contribution in [0, 0.1) is 5.92 Å². The molecule has 2 fully saturated rings. The Labute approximate surface area is 160 Å². The van der Waals surface area contributed by atoms with E-state index in [1.165, 1.54) is 5.56 Å². The maximum absolute atomic E-state index is 13.1. The van der Waals surface area contributed by atoms with Crippen molar-refractivity contribution >= 4 is 11.8 Å². The van der Waals surface area contributed by atoms with Gasteiger partial charge in [0.25, 0.3) is 0 Å². The van der Waals surface area contributed by atoms with Crippen molar-refractivity contribution in [2.45, 2.75) is 37.6 Å². The topological polar surface area (TPSA) is 50.6 Å². The molecule has 4 nitrogen and oxygen atoms in total. The Bertz CT molecular complexity index is 798. The van der Waals surface area contributed by atoms with E-state index in [-0.39, 0.29) is 17.7 Å². The molecule has 2 aliphatic rings. The van der Waals surface area contributed by atoms with Crippen LogP contribution in [0.4, 0.5) is 0 Å². The predicted molar refractivity (Wildman–Crippen MR) is 104 cm³/mol. The minimum Gasteiger partial charge on any atom is -0.331 e. The van der Waals surface area contributed by atoms with E-state index in [0.29, 0.717) is 12.8 Å². The van der Waals surface area contributed by atoms with E-state index in [4.69, 9.17) is 0 Å². The maximum Gasteiger partial charge on any atom is 0.237 e. The smallest absolute Gasteiger partial charge is 0.237 e. The second-order valence-electron chi connectivity index (χ2n) is 7.90. The first-order valence-corrected chi connectivity index (χ1v) is 9.96. The standard InChI is InChI=1S/C23H26N2O2/c26-21-11-14-23(22(27)24-21,19-9-5-2-6-10-19)20-12-15-25(16-13-20)17-18-7-3-1-4-8-18/h1-10,20H,11-17H2,(H,24,26,27)/p+1/t23-/m1/s1. The van der Waals surface area contributed by atoms with Crippen molar-refractivity contribution in [1.29, 1.82) is 0 Å². The van der Waals surface area contributed by atoms with Gasteiger partial charge in [0, 0.05) is 24.8 Å². The fourth-order valence-corrected chi connectivity index (χ4v) is 4.94. The van der Waals surface area contributed by atoms with Crippen LogP contribution in [0.25, 0.3) is 0 Å². The normalized spacial score (nSPS) is 28.6. The number of piperidine rings is 2. The zero-order valence-electron chi connectivity index (χ0n) is 15.6. The zero-order valence-corrected chi connectivity index (χ0v) is 15.6. The largest absolute Gasteiger partial charge is 0.331 e. The number of carbonyl (C=O) groups is 2. The molecule has 2 aromatic rings. The summed E-state index contributed by atoms with van der Waals surface area (Å²) >= 11 is 0. The average molecular weight is 363 g/mol. The molecule has 0 spiro atoms. The zero-order chi connectivity index (χ0) is 18.7. The highest BCUT2D eigenvalue weighted by atomic mass is 16.2. The Balaban J connectivity index is 1.53. The highest BCUT2D eigenvalue weighted by molar-refractivity contribution is 6.03. The van der Waals surface area contributed by atoms with Crippen molar-refractivity contribution in [1.82, 2.24) is 5.32 Å². The van der Waals surface area contributed by atoms with E-state index in [2.05, 4.69) is 47.8 Å². The number of hydrogen-bond acceptors (Lipinski definition) is 2. The van der Waals surface area contributed by atoms with E-state index in [1.54, 1.807) is 4.90 Å². The number of rotatable bonds is 4. The first-order chi connectivity index (χ1) is 13.2. The fraction of sp³-hybridized carbons (Fsp3) is 0.391.